The van der Waals surface area contributed by atoms with Gasteiger partial charge in [-0.3, -0.25) is 14.7 Å². The van der Waals surface area contributed by atoms with Crippen LogP contribution in [0, 0.1) is 0 Å². The third-order valence-electron chi connectivity index (χ3n) is 6.18. The standard InChI is InChI=1S/C23H24N4O4/c1-31-16-6-5-14-12-27(13-15(14)9-16)22(29)18-10-17-19(11-20(18)28)24-25-21(17)23(30)26-7-3-2-4-8-26/h5-6,9-11,28H,2-4,7-8,12-13H2,1H3,(H,24,25). The van der Waals surface area contributed by atoms with E-state index < -0.39 is 0 Å². The second-order valence-corrected chi connectivity index (χ2v) is 8.14. The van der Waals surface area contributed by atoms with E-state index >= 15 is 0 Å². The number of piperidine rings is 1. The van der Waals surface area contributed by atoms with Crippen molar-refractivity contribution < 1.29 is 19.4 Å². The van der Waals surface area contributed by atoms with E-state index in [0.29, 0.717) is 42.8 Å². The zero-order chi connectivity index (χ0) is 21.5. The zero-order valence-corrected chi connectivity index (χ0v) is 17.4. The number of hydrogen-bond donors (Lipinski definition) is 2. The number of H-pyrrole nitrogens is 1. The predicted molar refractivity (Wildman–Crippen MR) is 114 cm³/mol. The van der Waals surface area contributed by atoms with Gasteiger partial charge in [0.05, 0.1) is 18.2 Å². The summed E-state index contributed by atoms with van der Waals surface area (Å²) in [7, 11) is 1.61. The molecule has 160 valence electrons. The number of aromatic amines is 1. The van der Waals surface area contributed by atoms with Gasteiger partial charge in [0.1, 0.15) is 11.5 Å². The van der Waals surface area contributed by atoms with Crippen molar-refractivity contribution in [3.63, 3.8) is 0 Å². The summed E-state index contributed by atoms with van der Waals surface area (Å²) in [6, 6.07) is 8.80. The van der Waals surface area contributed by atoms with E-state index in [1.807, 2.05) is 18.2 Å². The van der Waals surface area contributed by atoms with Crippen molar-refractivity contribution in [3.05, 3.63) is 52.7 Å². The minimum absolute atomic E-state index is 0.133. The number of hydrogen-bond acceptors (Lipinski definition) is 5. The Bertz CT molecular complexity index is 1180. The number of aromatic hydroxyl groups is 1. The van der Waals surface area contributed by atoms with Gasteiger partial charge in [-0.1, -0.05) is 6.07 Å². The molecule has 5 rings (SSSR count). The molecular weight excluding hydrogens is 396 g/mol. The molecule has 8 heteroatoms. The number of methoxy groups -OCH3 is 1. The number of phenols is 1. The zero-order valence-electron chi connectivity index (χ0n) is 17.4. The van der Waals surface area contributed by atoms with Gasteiger partial charge in [0.25, 0.3) is 11.8 Å². The fourth-order valence-corrected chi connectivity index (χ4v) is 4.45. The number of nitrogens with one attached hydrogen (secondary N) is 1. The topological polar surface area (TPSA) is 98.8 Å². The lowest BCUT2D eigenvalue weighted by Gasteiger charge is -2.26. The average Bonchev–Trinajstić information content (AvgIpc) is 3.41. The van der Waals surface area contributed by atoms with Crippen LogP contribution >= 0.6 is 0 Å². The Morgan fingerprint density at radius 1 is 1.00 bits per heavy atom. The first-order valence-corrected chi connectivity index (χ1v) is 10.5. The van der Waals surface area contributed by atoms with Crippen LogP contribution in [0.3, 0.4) is 0 Å². The summed E-state index contributed by atoms with van der Waals surface area (Å²) in [5, 5.41) is 18.1. The number of aromatic nitrogens is 2. The fraction of sp³-hybridized carbons (Fsp3) is 0.348. The second-order valence-electron chi connectivity index (χ2n) is 8.14. The summed E-state index contributed by atoms with van der Waals surface area (Å²) in [5.74, 6) is 0.186. The molecule has 0 saturated carbocycles. The minimum Gasteiger partial charge on any atom is -0.507 e. The summed E-state index contributed by atoms with van der Waals surface area (Å²) in [5.41, 5.74) is 3.07. The van der Waals surface area contributed by atoms with Crippen molar-refractivity contribution >= 4 is 22.7 Å². The Labute approximate surface area is 179 Å². The van der Waals surface area contributed by atoms with Gasteiger partial charge >= 0.3 is 0 Å². The highest BCUT2D eigenvalue weighted by molar-refractivity contribution is 6.08. The molecule has 3 aromatic rings. The number of rotatable bonds is 3. The second kappa shape index (κ2) is 7.61. The summed E-state index contributed by atoms with van der Waals surface area (Å²) in [6.45, 7) is 2.33. The Kier molecular flexibility index (Phi) is 4.77. The van der Waals surface area contributed by atoms with Crippen LogP contribution in [0.15, 0.2) is 30.3 Å². The number of phenolic OH excluding ortho intramolecular Hbond substituents is 1. The monoisotopic (exact) mass is 420 g/mol. The molecule has 8 nitrogen and oxygen atoms in total. The molecule has 0 atom stereocenters. The number of likely N-dealkylation sites (tertiary alicyclic amines) is 1. The molecule has 31 heavy (non-hydrogen) atoms. The van der Waals surface area contributed by atoms with Gasteiger partial charge in [-0.25, -0.2) is 0 Å². The summed E-state index contributed by atoms with van der Waals surface area (Å²) < 4.78 is 5.27. The van der Waals surface area contributed by atoms with Crippen molar-refractivity contribution in [1.29, 1.82) is 0 Å². The van der Waals surface area contributed by atoms with Crippen LogP contribution in [-0.2, 0) is 13.1 Å². The molecule has 3 heterocycles. The summed E-state index contributed by atoms with van der Waals surface area (Å²) in [6.07, 6.45) is 3.10. The molecular formula is C23H24N4O4. The predicted octanol–water partition coefficient (Wildman–Crippen LogP) is 3.06. The third kappa shape index (κ3) is 3.37. The van der Waals surface area contributed by atoms with Gasteiger partial charge in [0.15, 0.2) is 5.69 Å². The van der Waals surface area contributed by atoms with Gasteiger partial charge < -0.3 is 19.6 Å². The van der Waals surface area contributed by atoms with Crippen molar-refractivity contribution in [1.82, 2.24) is 20.0 Å². The molecule has 0 spiro atoms. The smallest absolute Gasteiger partial charge is 0.274 e. The number of nitrogens with zero attached hydrogens (tertiary/aromatic N) is 3. The molecule has 0 bridgehead atoms. The maximum atomic E-state index is 13.2. The highest BCUT2D eigenvalue weighted by Crippen LogP contribution is 2.32. The van der Waals surface area contributed by atoms with E-state index in [4.69, 9.17) is 4.74 Å². The fourth-order valence-electron chi connectivity index (χ4n) is 4.45. The number of benzene rings is 2. The molecule has 0 unspecified atom stereocenters. The van der Waals surface area contributed by atoms with E-state index in [1.54, 1.807) is 23.0 Å². The van der Waals surface area contributed by atoms with Gasteiger partial charge in [0, 0.05) is 37.6 Å². The highest BCUT2D eigenvalue weighted by Gasteiger charge is 2.28. The lowest BCUT2D eigenvalue weighted by molar-refractivity contribution is 0.0717. The molecule has 2 aliphatic rings. The lowest BCUT2D eigenvalue weighted by atomic mass is 10.1. The summed E-state index contributed by atoms with van der Waals surface area (Å²) in [4.78, 5) is 29.7. The van der Waals surface area contributed by atoms with E-state index in [2.05, 4.69) is 10.2 Å². The van der Waals surface area contributed by atoms with Crippen molar-refractivity contribution in [2.75, 3.05) is 20.2 Å². The Morgan fingerprint density at radius 3 is 2.55 bits per heavy atom. The van der Waals surface area contributed by atoms with Crippen molar-refractivity contribution in [3.8, 4) is 11.5 Å². The van der Waals surface area contributed by atoms with Crippen molar-refractivity contribution in [2.45, 2.75) is 32.4 Å². The van der Waals surface area contributed by atoms with Gasteiger partial charge in [-0.05, 0) is 48.6 Å². The molecule has 1 aromatic heterocycles. The third-order valence-corrected chi connectivity index (χ3v) is 6.18. The molecule has 1 saturated heterocycles. The molecule has 2 N–H and O–H groups in total. The van der Waals surface area contributed by atoms with Crippen LogP contribution in [0.25, 0.3) is 10.9 Å². The summed E-state index contributed by atoms with van der Waals surface area (Å²) >= 11 is 0. The normalized spacial score (nSPS) is 15.9. The number of fused-ring (bicyclic) bond motifs is 2. The molecule has 1 fully saturated rings. The van der Waals surface area contributed by atoms with E-state index in [9.17, 15) is 14.7 Å². The first-order valence-electron chi connectivity index (χ1n) is 10.5. The SMILES string of the molecule is COc1ccc2c(c1)CN(C(=O)c1cc3c(C(=O)N4CCCCC4)n[nH]c3cc1O)C2. The Balaban J connectivity index is 1.45. The number of carbonyl (C=O) groups excluding carboxylic acids is 2. The first kappa shape index (κ1) is 19.4. The van der Waals surface area contributed by atoms with E-state index in [0.717, 1.165) is 36.1 Å². The molecule has 0 aliphatic carbocycles. The van der Waals surface area contributed by atoms with Gasteiger partial charge in [-0.15, -0.1) is 0 Å². The van der Waals surface area contributed by atoms with Crippen LogP contribution in [0.4, 0.5) is 0 Å². The first-order chi connectivity index (χ1) is 15.0. The maximum absolute atomic E-state index is 13.2. The van der Waals surface area contributed by atoms with Crippen LogP contribution in [-0.4, -0.2) is 57.1 Å². The number of ether oxygens (including phenoxy) is 1. The van der Waals surface area contributed by atoms with Crippen LogP contribution < -0.4 is 4.74 Å². The number of carbonyl (C=O) groups is 2. The Morgan fingerprint density at radius 2 is 1.77 bits per heavy atom. The molecule has 2 aliphatic heterocycles. The van der Waals surface area contributed by atoms with Gasteiger partial charge in [-0.2, -0.15) is 5.10 Å². The van der Waals surface area contributed by atoms with Crippen LogP contribution in [0.1, 0.15) is 51.2 Å². The quantitative estimate of drug-likeness (QED) is 0.679. The average molecular weight is 420 g/mol. The maximum Gasteiger partial charge on any atom is 0.274 e. The highest BCUT2D eigenvalue weighted by atomic mass is 16.5. The van der Waals surface area contributed by atoms with E-state index in [1.165, 1.54) is 6.07 Å². The van der Waals surface area contributed by atoms with E-state index in [-0.39, 0.29) is 23.1 Å². The lowest BCUT2D eigenvalue weighted by Crippen LogP contribution is -2.35. The number of amides is 2. The van der Waals surface area contributed by atoms with Crippen molar-refractivity contribution in [2.24, 2.45) is 0 Å². The van der Waals surface area contributed by atoms with Crippen LogP contribution in [0.2, 0.25) is 0 Å². The minimum atomic E-state index is -0.285. The Hall–Kier alpha value is -3.55. The van der Waals surface area contributed by atoms with Gasteiger partial charge in [0.2, 0.25) is 0 Å². The molecule has 2 amide bonds. The largest absolute Gasteiger partial charge is 0.507 e. The van der Waals surface area contributed by atoms with Crippen LogP contribution in [0.5, 0.6) is 11.5 Å². The molecule has 2 aromatic carbocycles. The molecule has 0 radical (unpaired) electrons.